The first-order valence-electron chi connectivity index (χ1n) is 8.98. The van der Waals surface area contributed by atoms with Gasteiger partial charge < -0.3 is 20.1 Å². The number of hydroxylamine groups is 2. The summed E-state index contributed by atoms with van der Waals surface area (Å²) in [5, 5.41) is 24.2. The number of likely N-dealkylation sites (N-methyl/N-ethyl adjacent to an activating group) is 1. The second-order valence-electron chi connectivity index (χ2n) is 6.89. The maximum absolute atomic E-state index is 12.6. The zero-order valence-corrected chi connectivity index (χ0v) is 17.1. The Labute approximate surface area is 174 Å². The molecule has 2 aliphatic rings. The van der Waals surface area contributed by atoms with Crippen molar-refractivity contribution in [2.45, 2.75) is 36.3 Å². The molecule has 3 rings (SSSR count). The number of nitrogens with zero attached hydrogens (tertiary/aromatic N) is 6. The van der Waals surface area contributed by atoms with Gasteiger partial charge in [0.25, 0.3) is 5.91 Å². The molecule has 15 heteroatoms. The van der Waals surface area contributed by atoms with Crippen molar-refractivity contribution in [3.8, 4) is 0 Å². The number of thioether (sulfide) groups is 1. The van der Waals surface area contributed by atoms with Crippen molar-refractivity contribution in [1.29, 1.82) is 0 Å². The minimum absolute atomic E-state index is 0.0643. The van der Waals surface area contributed by atoms with Gasteiger partial charge in [0.2, 0.25) is 11.1 Å². The Bertz CT molecular complexity index is 847. The Morgan fingerprint density at radius 2 is 2.17 bits per heavy atom. The first-order valence-corrected chi connectivity index (χ1v) is 9.97. The molecule has 1 aromatic rings. The summed E-state index contributed by atoms with van der Waals surface area (Å²) in [6, 6.07) is -1.10. The van der Waals surface area contributed by atoms with E-state index in [2.05, 4.69) is 20.8 Å². The lowest BCUT2D eigenvalue weighted by molar-refractivity contribution is -0.256. The highest BCUT2D eigenvalue weighted by atomic mass is 32.2. The van der Waals surface area contributed by atoms with Gasteiger partial charge in [0.15, 0.2) is 0 Å². The largest absolute Gasteiger partial charge is 0.477 e. The van der Waals surface area contributed by atoms with Gasteiger partial charge >= 0.3 is 17.7 Å². The van der Waals surface area contributed by atoms with E-state index in [0.29, 0.717) is 23.3 Å². The van der Waals surface area contributed by atoms with Crippen LogP contribution in [0.15, 0.2) is 5.16 Å². The highest BCUT2D eigenvalue weighted by Crippen LogP contribution is 2.34. The van der Waals surface area contributed by atoms with Gasteiger partial charge in [-0.15, -0.1) is 5.10 Å². The number of tetrazole rings is 1. The molecule has 2 aliphatic heterocycles. The van der Waals surface area contributed by atoms with E-state index in [1.165, 1.54) is 0 Å². The molecule has 30 heavy (non-hydrogen) atoms. The van der Waals surface area contributed by atoms with E-state index in [9.17, 15) is 24.3 Å². The number of cyclic esters (lactones) is 1. The zero-order valence-electron chi connectivity index (χ0n) is 16.3. The maximum atomic E-state index is 12.6. The van der Waals surface area contributed by atoms with Gasteiger partial charge in [0, 0.05) is 13.0 Å². The summed E-state index contributed by atoms with van der Waals surface area (Å²) < 4.78 is 6.43. The van der Waals surface area contributed by atoms with Crippen molar-refractivity contribution in [3.63, 3.8) is 0 Å². The van der Waals surface area contributed by atoms with E-state index in [1.54, 1.807) is 4.68 Å². The number of hydrogen-bond acceptors (Lipinski definition) is 11. The minimum Gasteiger partial charge on any atom is -0.477 e. The Hall–Kier alpha value is -2.78. The molecule has 1 unspecified atom stereocenters. The third-order valence-corrected chi connectivity index (χ3v) is 5.36. The Balaban J connectivity index is 1.54. The molecule has 1 aromatic heterocycles. The van der Waals surface area contributed by atoms with Crippen LogP contribution in [-0.4, -0.2) is 104 Å². The van der Waals surface area contributed by atoms with Crippen LogP contribution in [0.3, 0.4) is 0 Å². The predicted octanol–water partition coefficient (Wildman–Crippen LogP) is -2.30. The quantitative estimate of drug-likeness (QED) is 0.310. The molecule has 0 aromatic carbocycles. The number of carboxylic acid groups (broad SMARTS) is 1. The second kappa shape index (κ2) is 8.93. The van der Waals surface area contributed by atoms with Crippen LogP contribution in [0.1, 0.15) is 12.8 Å². The molecule has 2 saturated heterocycles. The molecule has 3 heterocycles. The van der Waals surface area contributed by atoms with Gasteiger partial charge in [-0.3, -0.25) is 19.2 Å². The number of hydrogen-bond donors (Lipinski definition) is 2. The number of esters is 1. The summed E-state index contributed by atoms with van der Waals surface area (Å²) in [4.78, 5) is 55.0. The molecule has 164 valence electrons. The number of carbonyl (C=O) groups excluding carboxylic acids is 3. The Morgan fingerprint density at radius 3 is 2.80 bits per heavy atom. The van der Waals surface area contributed by atoms with Crippen LogP contribution in [-0.2, 0) is 35.3 Å². The fourth-order valence-electron chi connectivity index (χ4n) is 2.85. The standard InChI is InChI=1S/C15H21N7O7S/c1-20(2)5-6-21-14(17-18-19-21)30-8-10(23)16-9-7-28-22(12(9)25)15(13(26)27)4-3-11(24)29-15/h9H,3-8H2,1-2H3,(H,16,23)(H,26,27)/t9-,15?/m0/s1. The number of carbonyl (C=O) groups is 4. The van der Waals surface area contributed by atoms with E-state index < -0.39 is 35.5 Å². The fraction of sp³-hybridized carbons (Fsp3) is 0.667. The van der Waals surface area contributed by atoms with Crippen molar-refractivity contribution in [1.82, 2.24) is 35.5 Å². The highest BCUT2D eigenvalue weighted by molar-refractivity contribution is 7.99. The Morgan fingerprint density at radius 1 is 1.40 bits per heavy atom. The van der Waals surface area contributed by atoms with E-state index in [-0.39, 0.29) is 25.2 Å². The lowest BCUT2D eigenvalue weighted by Gasteiger charge is -2.30. The second-order valence-corrected chi connectivity index (χ2v) is 7.83. The fourth-order valence-corrected chi connectivity index (χ4v) is 3.57. The molecule has 0 aliphatic carbocycles. The molecule has 2 amide bonds. The highest BCUT2D eigenvalue weighted by Gasteiger charge is 2.59. The first-order chi connectivity index (χ1) is 14.2. The number of rotatable bonds is 9. The van der Waals surface area contributed by atoms with Gasteiger partial charge in [-0.05, 0) is 24.5 Å². The van der Waals surface area contributed by atoms with Crippen molar-refractivity contribution in [2.75, 3.05) is 33.0 Å². The number of amides is 2. The topological polar surface area (TPSA) is 169 Å². The summed E-state index contributed by atoms with van der Waals surface area (Å²) in [5.74, 6) is -3.62. The van der Waals surface area contributed by atoms with Crippen LogP contribution in [0.5, 0.6) is 0 Å². The Kier molecular flexibility index (Phi) is 6.52. The molecular formula is C15H21N7O7S. The van der Waals surface area contributed by atoms with Crippen molar-refractivity contribution >= 4 is 35.5 Å². The lowest BCUT2D eigenvalue weighted by Crippen LogP contribution is -2.56. The van der Waals surface area contributed by atoms with Crippen molar-refractivity contribution in [2.24, 2.45) is 0 Å². The monoisotopic (exact) mass is 443 g/mol. The van der Waals surface area contributed by atoms with Crippen molar-refractivity contribution in [3.05, 3.63) is 0 Å². The van der Waals surface area contributed by atoms with Crippen LogP contribution in [0, 0.1) is 0 Å². The molecular weight excluding hydrogens is 422 g/mol. The molecule has 0 bridgehead atoms. The third-order valence-electron chi connectivity index (χ3n) is 4.41. The molecule has 2 atom stereocenters. The van der Waals surface area contributed by atoms with Gasteiger partial charge in [0.05, 0.1) is 18.7 Å². The molecule has 2 fully saturated rings. The van der Waals surface area contributed by atoms with Crippen LogP contribution in [0.2, 0.25) is 0 Å². The minimum atomic E-state index is -2.21. The molecule has 0 saturated carbocycles. The van der Waals surface area contributed by atoms with Gasteiger partial charge in [-0.1, -0.05) is 11.8 Å². The number of nitrogens with one attached hydrogen (secondary N) is 1. The lowest BCUT2D eigenvalue weighted by atomic mass is 10.1. The predicted molar refractivity (Wildman–Crippen MR) is 97.5 cm³/mol. The normalized spacial score (nSPS) is 23.8. The molecule has 14 nitrogen and oxygen atoms in total. The van der Waals surface area contributed by atoms with Crippen LogP contribution in [0.25, 0.3) is 0 Å². The average molecular weight is 443 g/mol. The SMILES string of the molecule is CN(C)CCn1nnnc1SCC(=O)N[C@H]1CON(C2(C(=O)O)CCC(=O)O2)C1=O. The van der Waals surface area contributed by atoms with Gasteiger partial charge in [-0.25, -0.2) is 9.48 Å². The summed E-state index contributed by atoms with van der Waals surface area (Å²) >= 11 is 1.10. The van der Waals surface area contributed by atoms with Gasteiger partial charge in [0.1, 0.15) is 12.6 Å². The van der Waals surface area contributed by atoms with E-state index in [0.717, 1.165) is 11.8 Å². The average Bonchev–Trinajstić information content (AvgIpc) is 3.38. The maximum Gasteiger partial charge on any atom is 0.372 e. The number of aromatic nitrogens is 4. The van der Waals surface area contributed by atoms with E-state index in [4.69, 9.17) is 9.57 Å². The number of ether oxygens (including phenoxy) is 1. The molecule has 0 radical (unpaired) electrons. The molecule has 0 spiro atoms. The van der Waals surface area contributed by atoms with Crippen molar-refractivity contribution < 1.29 is 33.9 Å². The number of aliphatic carboxylic acids is 1. The summed E-state index contributed by atoms with van der Waals surface area (Å²) in [5.41, 5.74) is -2.21. The van der Waals surface area contributed by atoms with Crippen LogP contribution < -0.4 is 5.32 Å². The molecule has 2 N–H and O–H groups in total. The van der Waals surface area contributed by atoms with Gasteiger partial charge in [-0.2, -0.15) is 5.06 Å². The number of carboxylic acids is 1. The third kappa shape index (κ3) is 4.52. The summed E-state index contributed by atoms with van der Waals surface area (Å²) in [7, 11) is 3.82. The first kappa shape index (κ1) is 21.9. The van der Waals surface area contributed by atoms with Crippen LogP contribution in [0.4, 0.5) is 0 Å². The zero-order chi connectivity index (χ0) is 21.9. The summed E-state index contributed by atoms with van der Waals surface area (Å²) in [6.07, 6.45) is -0.394. The summed E-state index contributed by atoms with van der Waals surface area (Å²) in [6.45, 7) is 0.983. The van der Waals surface area contributed by atoms with E-state index in [1.807, 2.05) is 19.0 Å². The smallest absolute Gasteiger partial charge is 0.372 e. The van der Waals surface area contributed by atoms with E-state index >= 15 is 0 Å². The van der Waals surface area contributed by atoms with Crippen LogP contribution >= 0.6 is 11.8 Å².